The fourth-order valence-electron chi connectivity index (χ4n) is 1.35. The minimum atomic E-state index is 0.818. The molecule has 0 bridgehead atoms. The molecule has 0 saturated heterocycles. The molecule has 1 aromatic heterocycles. The Morgan fingerprint density at radius 1 is 1.00 bits per heavy atom. The van der Waals surface area contributed by atoms with E-state index in [1.54, 1.807) is 12.4 Å². The van der Waals surface area contributed by atoms with Crippen molar-refractivity contribution < 1.29 is 4.74 Å². The molecule has 0 aliphatic rings. The van der Waals surface area contributed by atoms with Crippen molar-refractivity contribution in [2.45, 2.75) is 13.8 Å². The Morgan fingerprint density at radius 3 is 2.47 bits per heavy atom. The second kappa shape index (κ2) is 4.13. The van der Waals surface area contributed by atoms with Crippen molar-refractivity contribution >= 4 is 0 Å². The molecule has 0 saturated carbocycles. The van der Waals surface area contributed by atoms with E-state index in [2.05, 4.69) is 24.0 Å². The highest BCUT2D eigenvalue weighted by atomic mass is 16.5. The molecule has 1 aromatic carbocycles. The quantitative estimate of drug-likeness (QED) is 0.738. The predicted molar refractivity (Wildman–Crippen MR) is 60.2 cm³/mol. The Morgan fingerprint density at radius 2 is 1.73 bits per heavy atom. The molecule has 1 heterocycles. The van der Waals surface area contributed by atoms with Crippen molar-refractivity contribution in [3.63, 3.8) is 0 Å². The van der Waals surface area contributed by atoms with Crippen molar-refractivity contribution in [2.24, 2.45) is 0 Å². The molecular formula is C13H13NO. The summed E-state index contributed by atoms with van der Waals surface area (Å²) in [6.45, 7) is 4.09. The number of hydrogen-bond acceptors (Lipinski definition) is 2. The molecule has 2 heteroatoms. The zero-order valence-corrected chi connectivity index (χ0v) is 8.90. The maximum absolute atomic E-state index is 5.75. The topological polar surface area (TPSA) is 22.1 Å². The van der Waals surface area contributed by atoms with E-state index in [0.29, 0.717) is 0 Å². The maximum Gasteiger partial charge on any atom is 0.130 e. The van der Waals surface area contributed by atoms with E-state index in [1.807, 2.05) is 25.1 Å². The first kappa shape index (κ1) is 9.71. The largest absolute Gasteiger partial charge is 0.457 e. The SMILES string of the molecule is Cc1ccc(C)c(Oc2ccncc2)c1. The minimum absolute atomic E-state index is 0.818. The summed E-state index contributed by atoms with van der Waals surface area (Å²) in [6, 6.07) is 9.87. The lowest BCUT2D eigenvalue weighted by Crippen LogP contribution is -1.88. The Labute approximate surface area is 89.6 Å². The summed E-state index contributed by atoms with van der Waals surface area (Å²) in [5, 5.41) is 0. The van der Waals surface area contributed by atoms with Gasteiger partial charge in [0.1, 0.15) is 11.5 Å². The molecule has 0 atom stereocenters. The van der Waals surface area contributed by atoms with Crippen LogP contribution in [0.1, 0.15) is 11.1 Å². The number of aryl methyl sites for hydroxylation is 2. The van der Waals surface area contributed by atoms with Gasteiger partial charge in [-0.05, 0) is 43.2 Å². The van der Waals surface area contributed by atoms with Gasteiger partial charge in [0.2, 0.25) is 0 Å². The molecule has 0 fully saturated rings. The zero-order valence-electron chi connectivity index (χ0n) is 8.90. The summed E-state index contributed by atoms with van der Waals surface area (Å²) in [6.07, 6.45) is 3.45. The number of nitrogens with zero attached hydrogens (tertiary/aromatic N) is 1. The molecule has 2 aromatic rings. The molecule has 76 valence electrons. The van der Waals surface area contributed by atoms with Crippen molar-refractivity contribution in [3.8, 4) is 11.5 Å². The average molecular weight is 199 g/mol. The lowest BCUT2D eigenvalue weighted by atomic mass is 10.1. The Bertz CT molecular complexity index is 451. The van der Waals surface area contributed by atoms with Gasteiger partial charge in [-0.1, -0.05) is 12.1 Å². The molecule has 0 N–H and O–H groups in total. The summed E-state index contributed by atoms with van der Waals surface area (Å²) in [5.74, 6) is 1.72. The normalized spacial score (nSPS) is 10.0. The van der Waals surface area contributed by atoms with Crippen molar-refractivity contribution in [1.29, 1.82) is 0 Å². The van der Waals surface area contributed by atoms with Crippen LogP contribution in [0.3, 0.4) is 0 Å². The molecule has 0 unspecified atom stereocenters. The second-order valence-electron chi connectivity index (χ2n) is 3.55. The standard InChI is InChI=1S/C13H13NO/c1-10-3-4-11(2)13(9-10)15-12-5-7-14-8-6-12/h3-9H,1-2H3. The van der Waals surface area contributed by atoms with E-state index in [0.717, 1.165) is 17.1 Å². The van der Waals surface area contributed by atoms with Crippen LogP contribution in [-0.2, 0) is 0 Å². The van der Waals surface area contributed by atoms with Crippen LogP contribution >= 0.6 is 0 Å². The number of hydrogen-bond donors (Lipinski definition) is 0. The van der Waals surface area contributed by atoms with Crippen molar-refractivity contribution in [1.82, 2.24) is 4.98 Å². The van der Waals surface area contributed by atoms with Crippen LogP contribution in [-0.4, -0.2) is 4.98 Å². The van der Waals surface area contributed by atoms with E-state index in [1.165, 1.54) is 5.56 Å². The number of rotatable bonds is 2. The molecule has 15 heavy (non-hydrogen) atoms. The van der Waals surface area contributed by atoms with Crippen LogP contribution in [0.2, 0.25) is 0 Å². The van der Waals surface area contributed by atoms with E-state index < -0.39 is 0 Å². The van der Waals surface area contributed by atoms with E-state index >= 15 is 0 Å². The molecule has 0 aliphatic carbocycles. The summed E-state index contributed by atoms with van der Waals surface area (Å²) in [7, 11) is 0. The highest BCUT2D eigenvalue weighted by Crippen LogP contribution is 2.25. The molecule has 0 radical (unpaired) electrons. The van der Waals surface area contributed by atoms with Gasteiger partial charge in [-0.15, -0.1) is 0 Å². The fourth-order valence-corrected chi connectivity index (χ4v) is 1.35. The average Bonchev–Trinajstić information content (AvgIpc) is 2.25. The van der Waals surface area contributed by atoms with Crippen LogP contribution in [0, 0.1) is 13.8 Å². The lowest BCUT2D eigenvalue weighted by molar-refractivity contribution is 0.478. The van der Waals surface area contributed by atoms with Gasteiger partial charge in [0.25, 0.3) is 0 Å². The first-order chi connectivity index (χ1) is 7.25. The summed E-state index contributed by atoms with van der Waals surface area (Å²) >= 11 is 0. The first-order valence-electron chi connectivity index (χ1n) is 4.91. The first-order valence-corrected chi connectivity index (χ1v) is 4.91. The van der Waals surface area contributed by atoms with Crippen molar-refractivity contribution in [2.75, 3.05) is 0 Å². The maximum atomic E-state index is 5.75. The van der Waals surface area contributed by atoms with Gasteiger partial charge in [0.15, 0.2) is 0 Å². The van der Waals surface area contributed by atoms with Crippen LogP contribution < -0.4 is 4.74 Å². The zero-order chi connectivity index (χ0) is 10.7. The molecule has 2 nitrogen and oxygen atoms in total. The van der Waals surface area contributed by atoms with Gasteiger partial charge in [-0.25, -0.2) is 0 Å². The van der Waals surface area contributed by atoms with Gasteiger partial charge in [-0.2, -0.15) is 0 Å². The molecular weight excluding hydrogens is 186 g/mol. The number of benzene rings is 1. The van der Waals surface area contributed by atoms with Gasteiger partial charge >= 0.3 is 0 Å². The highest BCUT2D eigenvalue weighted by Gasteiger charge is 2.00. The molecule has 0 amide bonds. The van der Waals surface area contributed by atoms with Crippen LogP contribution in [0.5, 0.6) is 11.5 Å². The fraction of sp³-hybridized carbons (Fsp3) is 0.154. The van der Waals surface area contributed by atoms with Crippen LogP contribution in [0.25, 0.3) is 0 Å². The molecule has 2 rings (SSSR count). The summed E-state index contributed by atoms with van der Waals surface area (Å²) < 4.78 is 5.75. The minimum Gasteiger partial charge on any atom is -0.457 e. The third-order valence-electron chi connectivity index (χ3n) is 2.22. The lowest BCUT2D eigenvalue weighted by Gasteiger charge is -2.08. The highest BCUT2D eigenvalue weighted by molar-refractivity contribution is 5.39. The number of ether oxygens (including phenoxy) is 1. The van der Waals surface area contributed by atoms with Gasteiger partial charge in [0.05, 0.1) is 0 Å². The van der Waals surface area contributed by atoms with Gasteiger partial charge in [-0.3, -0.25) is 4.98 Å². The van der Waals surface area contributed by atoms with Gasteiger partial charge < -0.3 is 4.74 Å². The third kappa shape index (κ3) is 2.34. The smallest absolute Gasteiger partial charge is 0.130 e. The van der Waals surface area contributed by atoms with Gasteiger partial charge in [0, 0.05) is 12.4 Å². The Kier molecular flexibility index (Phi) is 2.68. The van der Waals surface area contributed by atoms with Crippen LogP contribution in [0.15, 0.2) is 42.7 Å². The van der Waals surface area contributed by atoms with Crippen molar-refractivity contribution in [3.05, 3.63) is 53.9 Å². The summed E-state index contributed by atoms with van der Waals surface area (Å²) in [4.78, 5) is 3.95. The second-order valence-corrected chi connectivity index (χ2v) is 3.55. The third-order valence-corrected chi connectivity index (χ3v) is 2.22. The number of aromatic nitrogens is 1. The van der Waals surface area contributed by atoms with Crippen LogP contribution in [0.4, 0.5) is 0 Å². The van der Waals surface area contributed by atoms with E-state index in [-0.39, 0.29) is 0 Å². The summed E-state index contributed by atoms with van der Waals surface area (Å²) in [5.41, 5.74) is 2.34. The monoisotopic (exact) mass is 199 g/mol. The van der Waals surface area contributed by atoms with E-state index in [4.69, 9.17) is 4.74 Å². The molecule has 0 aliphatic heterocycles. The predicted octanol–water partition coefficient (Wildman–Crippen LogP) is 3.49. The number of pyridine rings is 1. The molecule has 0 spiro atoms. The Hall–Kier alpha value is -1.83. The van der Waals surface area contributed by atoms with E-state index in [9.17, 15) is 0 Å². The Balaban J connectivity index is 2.28.